The standard InChI is InChI=1S/C23H35N3O/c1-2-22(27)26-17-21-6-4-3-5-20(21)15-23(18-26)9-13-25(14-10-23)16-19-7-11-24-12-8-19/h3-6,19,24H,2,7-18H2,1H3. The Morgan fingerprint density at radius 3 is 2.56 bits per heavy atom. The first-order chi connectivity index (χ1) is 13.2. The van der Waals surface area contributed by atoms with Gasteiger partial charge in [0.15, 0.2) is 0 Å². The van der Waals surface area contributed by atoms with Gasteiger partial charge in [-0.25, -0.2) is 0 Å². The van der Waals surface area contributed by atoms with Gasteiger partial charge < -0.3 is 15.1 Å². The fourth-order valence-corrected chi connectivity index (χ4v) is 5.38. The molecular formula is C23H35N3O. The molecule has 1 aromatic carbocycles. The average Bonchev–Trinajstić information content (AvgIpc) is 2.87. The van der Waals surface area contributed by atoms with Gasteiger partial charge in [0.25, 0.3) is 0 Å². The highest BCUT2D eigenvalue weighted by atomic mass is 16.2. The van der Waals surface area contributed by atoms with Gasteiger partial charge in [0.1, 0.15) is 0 Å². The molecule has 0 aromatic heterocycles. The molecule has 4 heteroatoms. The van der Waals surface area contributed by atoms with E-state index in [4.69, 9.17) is 0 Å². The highest BCUT2D eigenvalue weighted by Crippen LogP contribution is 2.40. The summed E-state index contributed by atoms with van der Waals surface area (Å²) in [5.74, 6) is 1.18. The summed E-state index contributed by atoms with van der Waals surface area (Å²) in [7, 11) is 0. The smallest absolute Gasteiger partial charge is 0.222 e. The van der Waals surface area contributed by atoms with Crippen molar-refractivity contribution in [1.82, 2.24) is 15.1 Å². The van der Waals surface area contributed by atoms with Crippen LogP contribution in [0.1, 0.15) is 50.2 Å². The molecule has 0 saturated carbocycles. The molecule has 3 aliphatic heterocycles. The van der Waals surface area contributed by atoms with E-state index in [1.807, 2.05) is 6.92 Å². The van der Waals surface area contributed by atoms with Crippen LogP contribution in [-0.2, 0) is 17.8 Å². The predicted octanol–water partition coefficient (Wildman–Crippen LogP) is 3.06. The fraction of sp³-hybridized carbons (Fsp3) is 0.696. The molecule has 1 amide bonds. The largest absolute Gasteiger partial charge is 0.338 e. The van der Waals surface area contributed by atoms with Gasteiger partial charge in [0, 0.05) is 26.1 Å². The minimum Gasteiger partial charge on any atom is -0.338 e. The number of hydrogen-bond acceptors (Lipinski definition) is 3. The molecule has 0 radical (unpaired) electrons. The number of hydrogen-bond donors (Lipinski definition) is 1. The molecule has 1 aromatic rings. The molecule has 4 rings (SSSR count). The van der Waals surface area contributed by atoms with Crippen molar-refractivity contribution in [2.24, 2.45) is 11.3 Å². The van der Waals surface area contributed by atoms with Crippen molar-refractivity contribution < 1.29 is 4.79 Å². The van der Waals surface area contributed by atoms with Crippen LogP contribution in [0.25, 0.3) is 0 Å². The van der Waals surface area contributed by atoms with Crippen LogP contribution in [0.3, 0.4) is 0 Å². The van der Waals surface area contributed by atoms with Gasteiger partial charge in [-0.2, -0.15) is 0 Å². The molecule has 0 bridgehead atoms. The lowest BCUT2D eigenvalue weighted by Gasteiger charge is -2.44. The Morgan fingerprint density at radius 1 is 1.15 bits per heavy atom. The molecule has 27 heavy (non-hydrogen) atoms. The minimum absolute atomic E-state index is 0.266. The first-order valence-electron chi connectivity index (χ1n) is 11.0. The summed E-state index contributed by atoms with van der Waals surface area (Å²) in [5, 5.41) is 3.48. The second-order valence-electron chi connectivity index (χ2n) is 9.04. The van der Waals surface area contributed by atoms with E-state index in [0.717, 1.165) is 25.4 Å². The Balaban J connectivity index is 1.46. The van der Waals surface area contributed by atoms with E-state index < -0.39 is 0 Å². The average molecular weight is 370 g/mol. The first kappa shape index (κ1) is 18.9. The van der Waals surface area contributed by atoms with Crippen LogP contribution in [0.15, 0.2) is 24.3 Å². The zero-order chi connectivity index (χ0) is 18.7. The summed E-state index contributed by atoms with van der Waals surface area (Å²) in [4.78, 5) is 17.4. The summed E-state index contributed by atoms with van der Waals surface area (Å²) in [6.07, 6.45) is 6.85. The van der Waals surface area contributed by atoms with E-state index in [2.05, 4.69) is 39.4 Å². The molecule has 1 spiro atoms. The van der Waals surface area contributed by atoms with Gasteiger partial charge in [-0.3, -0.25) is 4.79 Å². The number of likely N-dealkylation sites (tertiary alicyclic amines) is 1. The molecule has 3 aliphatic rings. The third-order valence-electron chi connectivity index (χ3n) is 7.12. The van der Waals surface area contributed by atoms with Crippen molar-refractivity contribution in [3.63, 3.8) is 0 Å². The molecule has 2 saturated heterocycles. The maximum atomic E-state index is 12.6. The second kappa shape index (κ2) is 8.32. The topological polar surface area (TPSA) is 35.6 Å². The molecule has 0 aliphatic carbocycles. The molecule has 2 fully saturated rings. The van der Waals surface area contributed by atoms with Gasteiger partial charge in [0.2, 0.25) is 5.91 Å². The lowest BCUT2D eigenvalue weighted by molar-refractivity contribution is -0.133. The summed E-state index contributed by atoms with van der Waals surface area (Å²) in [5.41, 5.74) is 3.09. The van der Waals surface area contributed by atoms with Crippen molar-refractivity contribution in [2.45, 2.75) is 52.0 Å². The van der Waals surface area contributed by atoms with E-state index in [9.17, 15) is 4.79 Å². The van der Waals surface area contributed by atoms with Crippen LogP contribution < -0.4 is 5.32 Å². The summed E-state index contributed by atoms with van der Waals surface area (Å²) in [6.45, 7) is 9.76. The van der Waals surface area contributed by atoms with Gasteiger partial charge in [-0.1, -0.05) is 31.2 Å². The van der Waals surface area contributed by atoms with Crippen molar-refractivity contribution in [1.29, 1.82) is 0 Å². The van der Waals surface area contributed by atoms with Crippen molar-refractivity contribution in [3.8, 4) is 0 Å². The predicted molar refractivity (Wildman–Crippen MR) is 110 cm³/mol. The van der Waals surface area contributed by atoms with Crippen LogP contribution in [0.2, 0.25) is 0 Å². The van der Waals surface area contributed by atoms with Crippen LogP contribution in [-0.4, -0.2) is 55.0 Å². The lowest BCUT2D eigenvalue weighted by Crippen LogP contribution is -2.48. The molecule has 3 heterocycles. The number of nitrogens with one attached hydrogen (secondary N) is 1. The van der Waals surface area contributed by atoms with Crippen LogP contribution >= 0.6 is 0 Å². The number of fused-ring (bicyclic) bond motifs is 1. The Morgan fingerprint density at radius 2 is 1.85 bits per heavy atom. The zero-order valence-electron chi connectivity index (χ0n) is 16.9. The molecular weight excluding hydrogens is 334 g/mol. The number of piperidine rings is 2. The third kappa shape index (κ3) is 4.38. The highest BCUT2D eigenvalue weighted by molar-refractivity contribution is 5.76. The summed E-state index contributed by atoms with van der Waals surface area (Å²) in [6, 6.07) is 8.79. The van der Waals surface area contributed by atoms with Crippen molar-refractivity contribution >= 4 is 5.91 Å². The van der Waals surface area contributed by atoms with E-state index in [-0.39, 0.29) is 5.41 Å². The third-order valence-corrected chi connectivity index (χ3v) is 7.12. The lowest BCUT2D eigenvalue weighted by atomic mass is 9.73. The highest BCUT2D eigenvalue weighted by Gasteiger charge is 2.39. The Bertz CT molecular complexity index is 645. The Labute approximate surface area is 164 Å². The van der Waals surface area contributed by atoms with Crippen LogP contribution in [0.4, 0.5) is 0 Å². The number of rotatable bonds is 3. The zero-order valence-corrected chi connectivity index (χ0v) is 16.9. The molecule has 148 valence electrons. The van der Waals surface area contributed by atoms with E-state index >= 15 is 0 Å². The number of carbonyl (C=O) groups is 1. The number of benzene rings is 1. The SMILES string of the molecule is CCC(=O)N1Cc2ccccc2CC2(CCN(CC3CCNCC3)CC2)C1. The first-order valence-corrected chi connectivity index (χ1v) is 11.0. The Kier molecular flexibility index (Phi) is 5.84. The van der Waals surface area contributed by atoms with E-state index in [0.29, 0.717) is 12.3 Å². The second-order valence-corrected chi connectivity index (χ2v) is 9.04. The molecule has 4 nitrogen and oxygen atoms in total. The monoisotopic (exact) mass is 369 g/mol. The van der Waals surface area contributed by atoms with Crippen LogP contribution in [0.5, 0.6) is 0 Å². The quantitative estimate of drug-likeness (QED) is 0.889. The van der Waals surface area contributed by atoms with Crippen molar-refractivity contribution in [2.75, 3.05) is 39.3 Å². The maximum Gasteiger partial charge on any atom is 0.222 e. The van der Waals surface area contributed by atoms with Gasteiger partial charge in [-0.15, -0.1) is 0 Å². The number of carbonyl (C=O) groups excluding carboxylic acids is 1. The Hall–Kier alpha value is -1.39. The molecule has 0 atom stereocenters. The minimum atomic E-state index is 0.266. The number of amides is 1. The fourth-order valence-electron chi connectivity index (χ4n) is 5.38. The van der Waals surface area contributed by atoms with Gasteiger partial charge in [0.05, 0.1) is 0 Å². The van der Waals surface area contributed by atoms with Crippen molar-refractivity contribution in [3.05, 3.63) is 35.4 Å². The van der Waals surface area contributed by atoms with E-state index in [1.165, 1.54) is 69.5 Å². The van der Waals surface area contributed by atoms with Gasteiger partial charge >= 0.3 is 0 Å². The maximum absolute atomic E-state index is 12.6. The molecule has 0 unspecified atom stereocenters. The number of nitrogens with zero attached hydrogens (tertiary/aromatic N) is 2. The van der Waals surface area contributed by atoms with E-state index in [1.54, 1.807) is 0 Å². The van der Waals surface area contributed by atoms with Crippen LogP contribution in [0, 0.1) is 11.3 Å². The summed E-state index contributed by atoms with van der Waals surface area (Å²) >= 11 is 0. The van der Waals surface area contributed by atoms with Gasteiger partial charge in [-0.05, 0) is 80.7 Å². The summed E-state index contributed by atoms with van der Waals surface area (Å²) < 4.78 is 0. The molecule has 1 N–H and O–H groups in total. The normalized spacial score (nSPS) is 23.8.